The summed E-state index contributed by atoms with van der Waals surface area (Å²) in [4.78, 5) is 23.3. The van der Waals surface area contributed by atoms with Gasteiger partial charge in [0.2, 0.25) is 5.91 Å². The zero-order valence-corrected chi connectivity index (χ0v) is 20.2. The molecule has 2 unspecified atom stereocenters. The molecule has 2 saturated heterocycles. The van der Waals surface area contributed by atoms with Gasteiger partial charge in [-0.3, -0.25) is 4.79 Å². The van der Waals surface area contributed by atoms with Crippen LogP contribution in [0, 0.1) is 0 Å². The number of nitrogens with zero attached hydrogens (tertiary/aromatic N) is 3. The van der Waals surface area contributed by atoms with Crippen molar-refractivity contribution >= 4 is 39.1 Å². The fourth-order valence-electron chi connectivity index (χ4n) is 5.69. The molecule has 182 valence electrons. The van der Waals surface area contributed by atoms with Crippen molar-refractivity contribution in [1.82, 2.24) is 14.9 Å². The number of carbonyl (C=O) groups excluding carboxylic acids is 1. The monoisotopic (exact) mass is 480 g/mol. The van der Waals surface area contributed by atoms with Crippen molar-refractivity contribution in [1.29, 1.82) is 0 Å². The van der Waals surface area contributed by atoms with E-state index in [1.165, 1.54) is 11.5 Å². The number of rotatable bonds is 6. The Balaban J connectivity index is 1.30. The van der Waals surface area contributed by atoms with Gasteiger partial charge in [-0.05, 0) is 47.9 Å². The maximum Gasteiger partial charge on any atom is 0.246 e. The average Bonchev–Trinajstić information content (AvgIpc) is 3.18. The Morgan fingerprint density at radius 1 is 1.03 bits per heavy atom. The van der Waals surface area contributed by atoms with Crippen LogP contribution in [0.2, 0.25) is 0 Å². The molecule has 3 aromatic carbocycles. The lowest BCUT2D eigenvalue weighted by molar-refractivity contribution is -0.131. The van der Waals surface area contributed by atoms with Gasteiger partial charge in [-0.15, -0.1) is 0 Å². The summed E-state index contributed by atoms with van der Waals surface area (Å²) >= 11 is 0. The molecule has 7 nitrogen and oxygen atoms in total. The molecule has 2 bridgehead atoms. The quantitative estimate of drug-likeness (QED) is 0.361. The van der Waals surface area contributed by atoms with Gasteiger partial charge >= 0.3 is 0 Å². The molecule has 2 aliphatic rings. The van der Waals surface area contributed by atoms with Crippen LogP contribution < -0.4 is 14.8 Å². The van der Waals surface area contributed by atoms with Gasteiger partial charge in [-0.25, -0.2) is 9.97 Å². The minimum Gasteiger partial charge on any atom is -0.493 e. The molecule has 0 saturated carbocycles. The Morgan fingerprint density at radius 3 is 2.56 bits per heavy atom. The van der Waals surface area contributed by atoms with Crippen LogP contribution in [-0.2, 0) is 4.79 Å². The van der Waals surface area contributed by atoms with Crippen molar-refractivity contribution in [3.63, 3.8) is 0 Å². The van der Waals surface area contributed by atoms with Gasteiger partial charge < -0.3 is 19.7 Å². The first-order chi connectivity index (χ1) is 17.6. The van der Waals surface area contributed by atoms with Crippen LogP contribution in [0.15, 0.2) is 73.6 Å². The van der Waals surface area contributed by atoms with Gasteiger partial charge in [0.25, 0.3) is 0 Å². The summed E-state index contributed by atoms with van der Waals surface area (Å²) < 4.78 is 12.2. The maximum atomic E-state index is 12.3. The summed E-state index contributed by atoms with van der Waals surface area (Å²) in [5.74, 6) is 2.02. The summed E-state index contributed by atoms with van der Waals surface area (Å²) in [5, 5.41) is 6.65. The topological polar surface area (TPSA) is 76.6 Å². The molecule has 0 spiro atoms. The van der Waals surface area contributed by atoms with Crippen LogP contribution in [-0.4, -0.2) is 46.1 Å². The molecule has 3 heterocycles. The predicted octanol–water partition coefficient (Wildman–Crippen LogP) is 5.62. The number of amides is 1. The zero-order valence-electron chi connectivity index (χ0n) is 20.2. The Morgan fingerprint density at radius 2 is 1.81 bits per heavy atom. The van der Waals surface area contributed by atoms with Crippen molar-refractivity contribution in [2.45, 2.75) is 43.9 Å². The molecule has 4 aromatic rings. The third kappa shape index (κ3) is 4.00. The van der Waals surface area contributed by atoms with Gasteiger partial charge in [0.05, 0.1) is 12.6 Å². The number of aromatic nitrogens is 2. The minimum atomic E-state index is 0.00393. The van der Waals surface area contributed by atoms with Crippen molar-refractivity contribution < 1.29 is 14.3 Å². The number of carbonyl (C=O) groups is 1. The van der Waals surface area contributed by atoms with Crippen LogP contribution in [0.5, 0.6) is 11.5 Å². The zero-order chi connectivity index (χ0) is 24.6. The number of anilines is 2. The van der Waals surface area contributed by atoms with E-state index in [9.17, 15) is 4.79 Å². The van der Waals surface area contributed by atoms with Crippen molar-refractivity contribution in [2.75, 3.05) is 12.4 Å². The highest BCUT2D eigenvalue weighted by Gasteiger charge is 2.43. The molecular formula is C29H28N4O3. The van der Waals surface area contributed by atoms with Gasteiger partial charge in [-0.1, -0.05) is 36.9 Å². The van der Waals surface area contributed by atoms with Crippen LogP contribution in [0.1, 0.15) is 25.7 Å². The van der Waals surface area contributed by atoms with Gasteiger partial charge in [0.15, 0.2) is 11.5 Å². The largest absolute Gasteiger partial charge is 0.493 e. The fourth-order valence-corrected chi connectivity index (χ4v) is 5.69. The highest BCUT2D eigenvalue weighted by atomic mass is 16.5. The fraction of sp³-hybridized carbons (Fsp3) is 0.276. The van der Waals surface area contributed by atoms with E-state index in [-0.39, 0.29) is 24.1 Å². The van der Waals surface area contributed by atoms with Crippen LogP contribution in [0.4, 0.5) is 11.5 Å². The Labute approximate surface area is 209 Å². The highest BCUT2D eigenvalue weighted by molar-refractivity contribution is 5.94. The Bertz CT molecular complexity index is 1460. The number of hydrogen-bond acceptors (Lipinski definition) is 6. The lowest BCUT2D eigenvalue weighted by Gasteiger charge is -2.38. The van der Waals surface area contributed by atoms with E-state index in [0.29, 0.717) is 17.3 Å². The SMILES string of the molecule is C=CC(=O)N1C2CCC1CC(Oc1cc3c(Nc4ccc5ccccc5c4)ncnc3cc1OC)C2. The minimum absolute atomic E-state index is 0.00393. The van der Waals surface area contributed by atoms with Crippen molar-refractivity contribution in [3.05, 3.63) is 73.6 Å². The van der Waals surface area contributed by atoms with Gasteiger partial charge in [-0.2, -0.15) is 0 Å². The van der Waals surface area contributed by atoms with E-state index in [1.807, 2.05) is 35.2 Å². The molecule has 2 atom stereocenters. The third-order valence-electron chi connectivity index (χ3n) is 7.35. The molecule has 0 aliphatic carbocycles. The van der Waals surface area contributed by atoms with E-state index < -0.39 is 0 Å². The second-order valence-electron chi connectivity index (χ2n) is 9.48. The first-order valence-electron chi connectivity index (χ1n) is 12.3. The molecule has 1 amide bonds. The predicted molar refractivity (Wildman–Crippen MR) is 141 cm³/mol. The van der Waals surface area contributed by atoms with E-state index in [2.05, 4.69) is 46.1 Å². The molecule has 6 rings (SSSR count). The molecule has 2 aliphatic heterocycles. The number of hydrogen-bond donors (Lipinski definition) is 1. The van der Waals surface area contributed by atoms with Crippen molar-refractivity contribution in [3.8, 4) is 11.5 Å². The number of benzene rings is 3. The number of fused-ring (bicyclic) bond motifs is 4. The summed E-state index contributed by atoms with van der Waals surface area (Å²) in [6.07, 6.45) is 6.58. The molecule has 36 heavy (non-hydrogen) atoms. The second-order valence-corrected chi connectivity index (χ2v) is 9.48. The van der Waals surface area contributed by atoms with Crippen LogP contribution >= 0.6 is 0 Å². The molecule has 0 radical (unpaired) electrons. The molecule has 2 fully saturated rings. The number of methoxy groups -OCH3 is 1. The molecule has 1 aromatic heterocycles. The average molecular weight is 481 g/mol. The summed E-state index contributed by atoms with van der Waals surface area (Å²) in [6.45, 7) is 3.67. The molecule has 7 heteroatoms. The lowest BCUT2D eigenvalue weighted by Crippen LogP contribution is -2.48. The number of nitrogens with one attached hydrogen (secondary N) is 1. The lowest BCUT2D eigenvalue weighted by atomic mass is 9.99. The summed E-state index contributed by atoms with van der Waals surface area (Å²) in [5.41, 5.74) is 1.71. The number of piperidine rings is 1. The van der Waals surface area contributed by atoms with E-state index in [1.54, 1.807) is 13.4 Å². The van der Waals surface area contributed by atoms with Gasteiger partial charge in [0.1, 0.15) is 18.2 Å². The first-order valence-corrected chi connectivity index (χ1v) is 12.3. The number of ether oxygens (including phenoxy) is 2. The van der Waals surface area contributed by atoms with E-state index in [0.717, 1.165) is 47.7 Å². The first kappa shape index (κ1) is 22.3. The Kier molecular flexibility index (Phi) is 5.68. The Hall–Kier alpha value is -4.13. The van der Waals surface area contributed by atoms with E-state index >= 15 is 0 Å². The standard InChI is InChI=1S/C29H28N4O3/c1-3-28(34)33-21-10-11-22(33)14-23(13-21)36-27-15-24-25(16-26(27)35-2)30-17-31-29(24)32-20-9-8-18-6-4-5-7-19(18)12-20/h3-9,12,15-17,21-23H,1,10-11,13-14H2,2H3,(H,30,31,32). The smallest absolute Gasteiger partial charge is 0.246 e. The molecule has 1 N–H and O–H groups in total. The summed E-state index contributed by atoms with van der Waals surface area (Å²) in [7, 11) is 1.64. The molecular weight excluding hydrogens is 452 g/mol. The van der Waals surface area contributed by atoms with Crippen LogP contribution in [0.25, 0.3) is 21.7 Å². The van der Waals surface area contributed by atoms with Gasteiger partial charge in [0, 0.05) is 42.1 Å². The van der Waals surface area contributed by atoms with E-state index in [4.69, 9.17) is 9.47 Å². The normalized spacial score (nSPS) is 20.9. The highest BCUT2D eigenvalue weighted by Crippen LogP contribution is 2.41. The maximum absolute atomic E-state index is 12.3. The van der Waals surface area contributed by atoms with Crippen LogP contribution in [0.3, 0.4) is 0 Å². The third-order valence-corrected chi connectivity index (χ3v) is 7.35. The van der Waals surface area contributed by atoms with Crippen molar-refractivity contribution in [2.24, 2.45) is 0 Å². The summed E-state index contributed by atoms with van der Waals surface area (Å²) in [6, 6.07) is 18.7. The second kappa shape index (κ2) is 9.15.